The van der Waals surface area contributed by atoms with Gasteiger partial charge in [-0.15, -0.1) is 0 Å². The minimum Gasteiger partial charge on any atom is -0.0616 e. The maximum Gasteiger partial charge on any atom is -0.00130 e. The number of rotatable bonds is 0. The minimum atomic E-state index is 0. The fourth-order valence-corrected chi connectivity index (χ4v) is 3.72. The van der Waals surface area contributed by atoms with Crippen molar-refractivity contribution in [3.8, 4) is 11.1 Å². The summed E-state index contributed by atoms with van der Waals surface area (Å²) >= 11 is 0. The molecule has 0 unspecified atom stereocenters. The number of hydrogen-bond acceptors (Lipinski definition) is 0. The summed E-state index contributed by atoms with van der Waals surface area (Å²) in [6, 6.07) is 26.6. The Kier molecular flexibility index (Phi) is 3.12. The van der Waals surface area contributed by atoms with Gasteiger partial charge in [0.05, 0.1) is 0 Å². The van der Waals surface area contributed by atoms with Crippen molar-refractivity contribution >= 4 is 40.4 Å². The summed E-state index contributed by atoms with van der Waals surface area (Å²) in [6.07, 6.45) is 1.06. The summed E-state index contributed by atoms with van der Waals surface area (Å²) in [7, 11) is 0. The average molecular weight is 274 g/mol. The number of hydrogen-bond donors (Lipinski definition) is 0. The molecule has 0 fully saturated rings. The van der Waals surface area contributed by atoms with Gasteiger partial charge in [0.2, 0.25) is 0 Å². The third-order valence-corrected chi connectivity index (χ3v) is 4.66. The van der Waals surface area contributed by atoms with E-state index in [1.165, 1.54) is 43.8 Å². The van der Waals surface area contributed by atoms with Crippen LogP contribution >= 0.6 is 0 Å². The van der Waals surface area contributed by atoms with E-state index in [0.29, 0.717) is 0 Å². The molecule has 4 aromatic carbocycles. The summed E-state index contributed by atoms with van der Waals surface area (Å²) in [5, 5.41) is 5.42. The van der Waals surface area contributed by atoms with Crippen molar-refractivity contribution in [3.63, 3.8) is 0 Å². The van der Waals surface area contributed by atoms with Crippen LogP contribution in [0.15, 0.2) is 72.8 Å². The second-order valence-corrected chi connectivity index (χ2v) is 5.82. The van der Waals surface area contributed by atoms with Gasteiger partial charge in [0.1, 0.15) is 0 Å². The van der Waals surface area contributed by atoms with E-state index in [2.05, 4.69) is 72.8 Å². The Morgan fingerprint density at radius 3 is 1.45 bits per heavy atom. The van der Waals surface area contributed by atoms with Gasteiger partial charge >= 0.3 is 18.9 Å². The van der Waals surface area contributed by atoms with Gasteiger partial charge in [0.15, 0.2) is 0 Å². The zero-order valence-corrected chi connectivity index (χ0v) is 11.6. The molecule has 0 nitrogen and oxygen atoms in total. The van der Waals surface area contributed by atoms with Crippen molar-refractivity contribution in [1.29, 1.82) is 0 Å². The SMILES string of the molecule is [LiH].c1ccc2c3c(ccc2c1)Cc1ccc2ccccc2c1-3. The Bertz CT molecular complexity index is 931. The van der Waals surface area contributed by atoms with E-state index in [-0.39, 0.29) is 18.9 Å². The zero-order chi connectivity index (χ0) is 13.8. The fourth-order valence-electron chi connectivity index (χ4n) is 3.72. The molecular weight excluding hydrogens is 259 g/mol. The van der Waals surface area contributed by atoms with Crippen LogP contribution < -0.4 is 0 Å². The third-order valence-electron chi connectivity index (χ3n) is 4.66. The smallest absolute Gasteiger partial charge is 0.00130 e. The first-order chi connectivity index (χ1) is 10.4. The van der Waals surface area contributed by atoms with E-state index >= 15 is 0 Å². The van der Waals surface area contributed by atoms with Crippen LogP contribution in [0.25, 0.3) is 32.7 Å². The standard InChI is InChI=1S/C21H14.Li.H/c1-3-7-18-14(5-1)9-11-16-13-17-12-10-15-6-2-4-8-19(15)21(17)20(16)18;;/h1-12H,13H2;;. The second-order valence-electron chi connectivity index (χ2n) is 5.82. The van der Waals surface area contributed by atoms with Crippen LogP contribution in [0, 0.1) is 0 Å². The van der Waals surface area contributed by atoms with Gasteiger partial charge in [-0.3, -0.25) is 0 Å². The predicted molar refractivity (Wildman–Crippen MR) is 96.8 cm³/mol. The maximum atomic E-state index is 2.30. The van der Waals surface area contributed by atoms with E-state index in [0.717, 1.165) is 6.42 Å². The van der Waals surface area contributed by atoms with Crippen LogP contribution in [-0.2, 0) is 6.42 Å². The van der Waals surface area contributed by atoms with Crippen LogP contribution in [0.3, 0.4) is 0 Å². The van der Waals surface area contributed by atoms with Gasteiger partial charge in [0, 0.05) is 0 Å². The first-order valence-electron chi connectivity index (χ1n) is 7.43. The largest absolute Gasteiger partial charge is 0.0616 e. The molecule has 0 N–H and O–H groups in total. The molecule has 0 aliphatic heterocycles. The molecular formula is C21H15Li. The van der Waals surface area contributed by atoms with Crippen LogP contribution in [0.2, 0.25) is 0 Å². The average Bonchev–Trinajstić information content (AvgIpc) is 2.94. The van der Waals surface area contributed by atoms with Crippen molar-refractivity contribution in [1.82, 2.24) is 0 Å². The molecule has 0 atom stereocenters. The molecule has 0 radical (unpaired) electrons. The molecule has 1 aliphatic rings. The summed E-state index contributed by atoms with van der Waals surface area (Å²) in [6.45, 7) is 0. The van der Waals surface area contributed by atoms with Crippen LogP contribution in [0.1, 0.15) is 11.1 Å². The van der Waals surface area contributed by atoms with Gasteiger partial charge < -0.3 is 0 Å². The molecule has 0 aromatic heterocycles. The molecule has 5 rings (SSSR count). The molecule has 100 valence electrons. The number of fused-ring (bicyclic) bond motifs is 7. The van der Waals surface area contributed by atoms with E-state index in [4.69, 9.17) is 0 Å². The van der Waals surface area contributed by atoms with Gasteiger partial charge in [-0.1, -0.05) is 72.8 Å². The maximum absolute atomic E-state index is 2.30. The summed E-state index contributed by atoms with van der Waals surface area (Å²) in [4.78, 5) is 0. The number of benzene rings is 4. The fraction of sp³-hybridized carbons (Fsp3) is 0.0476. The Balaban J connectivity index is 0.00000125. The Labute approximate surface area is 142 Å². The van der Waals surface area contributed by atoms with Gasteiger partial charge in [-0.25, -0.2) is 0 Å². The second kappa shape index (κ2) is 5.02. The minimum absolute atomic E-state index is 0. The van der Waals surface area contributed by atoms with E-state index in [1.54, 1.807) is 0 Å². The first kappa shape index (κ1) is 13.6. The van der Waals surface area contributed by atoms with Gasteiger partial charge in [-0.2, -0.15) is 0 Å². The molecule has 1 heteroatoms. The molecule has 1 aliphatic carbocycles. The Morgan fingerprint density at radius 1 is 0.500 bits per heavy atom. The van der Waals surface area contributed by atoms with Crippen LogP contribution in [0.5, 0.6) is 0 Å². The normalized spacial score (nSPS) is 12.0. The third kappa shape index (κ3) is 1.78. The van der Waals surface area contributed by atoms with Crippen molar-refractivity contribution < 1.29 is 0 Å². The molecule has 0 spiro atoms. The molecule has 0 amide bonds. The first-order valence-corrected chi connectivity index (χ1v) is 7.43. The molecule has 0 saturated heterocycles. The molecule has 0 saturated carbocycles. The quantitative estimate of drug-likeness (QED) is 0.352. The topological polar surface area (TPSA) is 0 Å². The van der Waals surface area contributed by atoms with Crippen LogP contribution in [0.4, 0.5) is 0 Å². The zero-order valence-electron chi connectivity index (χ0n) is 11.6. The Morgan fingerprint density at radius 2 is 0.955 bits per heavy atom. The van der Waals surface area contributed by atoms with Crippen molar-refractivity contribution in [2.45, 2.75) is 6.42 Å². The van der Waals surface area contributed by atoms with Crippen LogP contribution in [-0.4, -0.2) is 18.9 Å². The van der Waals surface area contributed by atoms with Crippen molar-refractivity contribution in [3.05, 3.63) is 83.9 Å². The van der Waals surface area contributed by atoms with Gasteiger partial charge in [0.25, 0.3) is 0 Å². The summed E-state index contributed by atoms with van der Waals surface area (Å²) < 4.78 is 0. The molecule has 0 heterocycles. The molecule has 22 heavy (non-hydrogen) atoms. The Hall–Kier alpha value is -2.00. The predicted octanol–water partition coefficient (Wildman–Crippen LogP) is 4.92. The molecule has 4 aromatic rings. The molecule has 0 bridgehead atoms. The van der Waals surface area contributed by atoms with Crippen molar-refractivity contribution in [2.75, 3.05) is 0 Å². The van der Waals surface area contributed by atoms with E-state index in [9.17, 15) is 0 Å². The summed E-state index contributed by atoms with van der Waals surface area (Å²) in [5.41, 5.74) is 5.81. The van der Waals surface area contributed by atoms with E-state index < -0.39 is 0 Å². The summed E-state index contributed by atoms with van der Waals surface area (Å²) in [5.74, 6) is 0. The van der Waals surface area contributed by atoms with E-state index in [1.807, 2.05) is 0 Å². The van der Waals surface area contributed by atoms with Crippen molar-refractivity contribution in [2.24, 2.45) is 0 Å². The monoisotopic (exact) mass is 274 g/mol. The van der Waals surface area contributed by atoms with Gasteiger partial charge in [-0.05, 0) is 50.2 Å².